The lowest BCUT2D eigenvalue weighted by atomic mass is 10.2. The summed E-state index contributed by atoms with van der Waals surface area (Å²) in [6.45, 7) is 1.86. The first-order chi connectivity index (χ1) is 8.40. The van der Waals surface area contributed by atoms with Crippen LogP contribution in [0.2, 0.25) is 0 Å². The first-order valence-electron chi connectivity index (χ1n) is 7.29. The van der Waals surface area contributed by atoms with Gasteiger partial charge in [0.2, 0.25) is 0 Å². The number of ether oxygens (including phenoxy) is 3. The molecule has 0 bridgehead atoms. The molecule has 2 saturated carbocycles. The van der Waals surface area contributed by atoms with Crippen molar-refractivity contribution in [2.24, 2.45) is 5.92 Å². The maximum atomic E-state index is 6.00. The van der Waals surface area contributed by atoms with Crippen LogP contribution in [0.4, 0.5) is 0 Å². The SMILES string of the molecule is C1CCC(O[C@@H]2CC[C@H](OCC3CC3)C2)OC1. The van der Waals surface area contributed by atoms with Crippen molar-refractivity contribution in [2.75, 3.05) is 13.2 Å². The molecule has 1 heterocycles. The van der Waals surface area contributed by atoms with E-state index < -0.39 is 0 Å². The minimum atomic E-state index is 0.0657. The smallest absolute Gasteiger partial charge is 0.157 e. The summed E-state index contributed by atoms with van der Waals surface area (Å²) in [5, 5.41) is 0. The van der Waals surface area contributed by atoms with Crippen molar-refractivity contribution in [1.29, 1.82) is 0 Å². The Bertz CT molecular complexity index is 234. The number of rotatable bonds is 5. The third-order valence-corrected chi connectivity index (χ3v) is 4.08. The Hall–Kier alpha value is -0.120. The zero-order chi connectivity index (χ0) is 11.5. The van der Waals surface area contributed by atoms with E-state index >= 15 is 0 Å². The van der Waals surface area contributed by atoms with E-state index in [9.17, 15) is 0 Å². The van der Waals surface area contributed by atoms with Gasteiger partial charge >= 0.3 is 0 Å². The summed E-state index contributed by atoms with van der Waals surface area (Å²) < 4.78 is 17.5. The average molecular weight is 240 g/mol. The molecule has 0 aromatic carbocycles. The van der Waals surface area contributed by atoms with Gasteiger partial charge in [-0.15, -0.1) is 0 Å². The molecular weight excluding hydrogens is 216 g/mol. The van der Waals surface area contributed by atoms with Gasteiger partial charge in [0.25, 0.3) is 0 Å². The van der Waals surface area contributed by atoms with Crippen molar-refractivity contribution in [1.82, 2.24) is 0 Å². The van der Waals surface area contributed by atoms with Crippen LogP contribution in [-0.2, 0) is 14.2 Å². The van der Waals surface area contributed by atoms with Gasteiger partial charge in [0.05, 0.1) is 12.2 Å². The van der Waals surface area contributed by atoms with Gasteiger partial charge in [-0.3, -0.25) is 0 Å². The lowest BCUT2D eigenvalue weighted by Crippen LogP contribution is -2.27. The maximum absolute atomic E-state index is 6.00. The lowest BCUT2D eigenvalue weighted by Gasteiger charge is -2.25. The first kappa shape index (κ1) is 11.9. The molecule has 98 valence electrons. The summed E-state index contributed by atoms with van der Waals surface area (Å²) >= 11 is 0. The fourth-order valence-electron chi connectivity index (χ4n) is 2.77. The lowest BCUT2D eigenvalue weighted by molar-refractivity contribution is -0.187. The average Bonchev–Trinajstić information content (AvgIpc) is 3.09. The predicted octanol–water partition coefficient (Wildman–Crippen LogP) is 2.88. The molecule has 1 unspecified atom stereocenters. The van der Waals surface area contributed by atoms with Gasteiger partial charge in [-0.05, 0) is 57.3 Å². The molecule has 0 amide bonds. The Labute approximate surface area is 104 Å². The molecule has 0 spiro atoms. The molecule has 0 aromatic heterocycles. The number of hydrogen-bond acceptors (Lipinski definition) is 3. The highest BCUT2D eigenvalue weighted by atomic mass is 16.7. The molecule has 0 N–H and O–H groups in total. The van der Waals surface area contributed by atoms with E-state index in [1.807, 2.05) is 0 Å². The molecule has 3 nitrogen and oxygen atoms in total. The van der Waals surface area contributed by atoms with Crippen LogP contribution in [0.3, 0.4) is 0 Å². The quantitative estimate of drug-likeness (QED) is 0.739. The van der Waals surface area contributed by atoms with Crippen LogP contribution < -0.4 is 0 Å². The molecule has 1 saturated heterocycles. The number of hydrogen-bond donors (Lipinski definition) is 0. The zero-order valence-corrected chi connectivity index (χ0v) is 10.6. The van der Waals surface area contributed by atoms with Gasteiger partial charge in [0, 0.05) is 13.2 Å². The van der Waals surface area contributed by atoms with Crippen molar-refractivity contribution in [3.8, 4) is 0 Å². The van der Waals surface area contributed by atoms with Gasteiger partial charge in [0.1, 0.15) is 0 Å². The second kappa shape index (κ2) is 5.68. The first-order valence-corrected chi connectivity index (χ1v) is 7.29. The van der Waals surface area contributed by atoms with Crippen LogP contribution in [0.15, 0.2) is 0 Å². The van der Waals surface area contributed by atoms with Crippen molar-refractivity contribution >= 4 is 0 Å². The summed E-state index contributed by atoms with van der Waals surface area (Å²) in [6.07, 6.45) is 10.6. The van der Waals surface area contributed by atoms with Crippen molar-refractivity contribution in [2.45, 2.75) is 69.9 Å². The monoisotopic (exact) mass is 240 g/mol. The normalized spacial score (nSPS) is 38.5. The van der Waals surface area contributed by atoms with E-state index in [-0.39, 0.29) is 6.29 Å². The van der Waals surface area contributed by atoms with Crippen LogP contribution in [0, 0.1) is 5.92 Å². The Morgan fingerprint density at radius 1 is 0.941 bits per heavy atom. The Morgan fingerprint density at radius 3 is 2.59 bits per heavy atom. The van der Waals surface area contributed by atoms with E-state index in [0.717, 1.165) is 38.4 Å². The van der Waals surface area contributed by atoms with Crippen LogP contribution in [0.5, 0.6) is 0 Å². The minimum Gasteiger partial charge on any atom is -0.378 e. The Balaban J connectivity index is 1.34. The third-order valence-electron chi connectivity index (χ3n) is 4.08. The standard InChI is InChI=1S/C14H24O3/c1-2-8-15-14(3-1)17-13-7-6-12(9-13)16-10-11-4-5-11/h11-14H,1-10H2/t12-,13+,14?/m0/s1. The molecule has 3 atom stereocenters. The van der Waals surface area contributed by atoms with Gasteiger partial charge in [0.15, 0.2) is 6.29 Å². The fraction of sp³-hybridized carbons (Fsp3) is 1.00. The van der Waals surface area contributed by atoms with Crippen LogP contribution >= 0.6 is 0 Å². The molecule has 3 fully saturated rings. The third kappa shape index (κ3) is 3.67. The van der Waals surface area contributed by atoms with Crippen molar-refractivity contribution in [3.05, 3.63) is 0 Å². The van der Waals surface area contributed by atoms with E-state index in [1.165, 1.54) is 32.1 Å². The second-order valence-corrected chi connectivity index (χ2v) is 5.77. The van der Waals surface area contributed by atoms with Crippen LogP contribution in [-0.4, -0.2) is 31.7 Å². The molecule has 3 heteroatoms. The van der Waals surface area contributed by atoms with E-state index in [4.69, 9.17) is 14.2 Å². The Morgan fingerprint density at radius 2 is 1.82 bits per heavy atom. The summed E-state index contributed by atoms with van der Waals surface area (Å²) in [4.78, 5) is 0. The van der Waals surface area contributed by atoms with Gasteiger partial charge in [-0.25, -0.2) is 0 Å². The van der Waals surface area contributed by atoms with Crippen molar-refractivity contribution < 1.29 is 14.2 Å². The topological polar surface area (TPSA) is 27.7 Å². The second-order valence-electron chi connectivity index (χ2n) is 5.77. The van der Waals surface area contributed by atoms with Crippen LogP contribution in [0.25, 0.3) is 0 Å². The van der Waals surface area contributed by atoms with E-state index in [1.54, 1.807) is 0 Å². The molecular formula is C14H24O3. The summed E-state index contributed by atoms with van der Waals surface area (Å²) in [5.41, 5.74) is 0. The van der Waals surface area contributed by atoms with Gasteiger partial charge in [-0.1, -0.05) is 0 Å². The largest absolute Gasteiger partial charge is 0.378 e. The minimum absolute atomic E-state index is 0.0657. The van der Waals surface area contributed by atoms with E-state index in [0.29, 0.717) is 12.2 Å². The highest BCUT2D eigenvalue weighted by molar-refractivity contribution is 4.79. The Kier molecular flexibility index (Phi) is 3.99. The zero-order valence-electron chi connectivity index (χ0n) is 10.6. The molecule has 2 aliphatic carbocycles. The highest BCUT2D eigenvalue weighted by Crippen LogP contribution is 2.32. The van der Waals surface area contributed by atoms with Crippen LogP contribution in [0.1, 0.15) is 51.4 Å². The van der Waals surface area contributed by atoms with Gasteiger partial charge < -0.3 is 14.2 Å². The van der Waals surface area contributed by atoms with E-state index in [2.05, 4.69) is 0 Å². The van der Waals surface area contributed by atoms with Crippen molar-refractivity contribution in [3.63, 3.8) is 0 Å². The summed E-state index contributed by atoms with van der Waals surface area (Å²) in [7, 11) is 0. The predicted molar refractivity (Wildman–Crippen MR) is 64.8 cm³/mol. The molecule has 17 heavy (non-hydrogen) atoms. The summed E-state index contributed by atoms with van der Waals surface area (Å²) in [5.74, 6) is 0.872. The fourth-order valence-corrected chi connectivity index (χ4v) is 2.77. The van der Waals surface area contributed by atoms with Gasteiger partial charge in [-0.2, -0.15) is 0 Å². The maximum Gasteiger partial charge on any atom is 0.157 e. The molecule has 0 aromatic rings. The molecule has 1 aliphatic heterocycles. The summed E-state index contributed by atoms with van der Waals surface area (Å²) in [6, 6.07) is 0. The molecule has 0 radical (unpaired) electrons. The molecule has 3 aliphatic rings. The highest BCUT2D eigenvalue weighted by Gasteiger charge is 2.30. The molecule has 3 rings (SSSR count).